The van der Waals surface area contributed by atoms with Crippen molar-refractivity contribution < 1.29 is 36.6 Å². The van der Waals surface area contributed by atoms with Gasteiger partial charge < -0.3 is 28.0 Å². The summed E-state index contributed by atoms with van der Waals surface area (Å²) in [5.74, 6) is 0. The highest BCUT2D eigenvalue weighted by Gasteiger charge is 2.25. The summed E-state index contributed by atoms with van der Waals surface area (Å²) in [5, 5.41) is 8.49. The molecule has 0 aliphatic heterocycles. The first-order chi connectivity index (χ1) is 19.7. The van der Waals surface area contributed by atoms with Crippen LogP contribution in [0.4, 0.5) is 13.2 Å². The third-order valence-corrected chi connectivity index (χ3v) is 7.21. The Labute approximate surface area is 248 Å². The number of hydrogen-bond donors (Lipinski definition) is 4. The van der Waals surface area contributed by atoms with Gasteiger partial charge in [-0.2, -0.15) is 13.2 Å². The molecule has 0 aliphatic carbocycles. The van der Waals surface area contributed by atoms with Crippen LogP contribution in [0.2, 0.25) is 0 Å². The molecule has 9 nitrogen and oxygen atoms in total. The highest BCUT2D eigenvalue weighted by atomic mass is 32.1. The van der Waals surface area contributed by atoms with Gasteiger partial charge in [0, 0.05) is 45.0 Å². The molecule has 14 heteroatoms. The first-order valence-corrected chi connectivity index (χ1v) is 16.4. The number of aromatic amines is 1. The van der Waals surface area contributed by atoms with Crippen LogP contribution < -0.4 is 11.2 Å². The molecule has 41 heavy (non-hydrogen) atoms. The van der Waals surface area contributed by atoms with Crippen molar-refractivity contribution in [2.24, 2.45) is 0 Å². The average Bonchev–Trinajstić information content (AvgIpc) is 2.91. The molecule has 0 amide bonds. The van der Waals surface area contributed by atoms with Gasteiger partial charge in [0.2, 0.25) is 0 Å². The molecule has 0 aromatic carbocycles. The van der Waals surface area contributed by atoms with Gasteiger partial charge in [0.1, 0.15) is 6.35 Å². The Balaban J connectivity index is 0.00000110. The number of aromatic nitrogens is 2. The Bertz CT molecular complexity index is 831. The van der Waals surface area contributed by atoms with Crippen LogP contribution >= 0.6 is 21.3 Å². The van der Waals surface area contributed by atoms with E-state index >= 15 is 0 Å². The first kappa shape index (κ1) is 40.1. The minimum absolute atomic E-state index is 0.0333. The molecule has 1 atom stereocenters. The van der Waals surface area contributed by atoms with Gasteiger partial charge in [-0.15, -0.1) is 0 Å². The number of aliphatic hydroxyl groups is 1. The van der Waals surface area contributed by atoms with Gasteiger partial charge >= 0.3 is 11.9 Å². The number of hydrogen-bond acceptors (Lipinski definition) is 8. The lowest BCUT2D eigenvalue weighted by Crippen LogP contribution is -2.28. The highest BCUT2D eigenvalue weighted by Crippen LogP contribution is 2.31. The van der Waals surface area contributed by atoms with Crippen molar-refractivity contribution in [1.82, 2.24) is 9.55 Å². The molecule has 1 aromatic heterocycles. The summed E-state index contributed by atoms with van der Waals surface area (Å²) in [4.78, 5) is 33.0. The maximum atomic E-state index is 12.0. The second-order valence-electron chi connectivity index (χ2n) is 9.75. The second kappa shape index (κ2) is 27.9. The molecular formula is C27H50F3N2O7PS. The number of nitrogens with zero attached hydrogens (tertiary/aromatic N) is 1. The fourth-order valence-corrected chi connectivity index (χ4v) is 4.66. The highest BCUT2D eigenvalue weighted by molar-refractivity contribution is 7.75. The van der Waals surface area contributed by atoms with Gasteiger partial charge in [-0.3, -0.25) is 9.78 Å². The van der Waals surface area contributed by atoms with Crippen molar-refractivity contribution in [3.05, 3.63) is 33.1 Å². The normalized spacial score (nSPS) is 12.2. The summed E-state index contributed by atoms with van der Waals surface area (Å²) in [6, 6.07) is 1.28. The minimum atomic E-state index is -3.99. The lowest BCUT2D eigenvalue weighted by atomic mass is 10.0. The van der Waals surface area contributed by atoms with E-state index < -0.39 is 32.2 Å². The zero-order valence-electron chi connectivity index (χ0n) is 24.1. The van der Waals surface area contributed by atoms with Gasteiger partial charge in [0.15, 0.2) is 8.38 Å². The number of aliphatic hydroxyl groups excluding tert-OH is 1. The molecule has 0 saturated carbocycles. The van der Waals surface area contributed by atoms with Crippen LogP contribution in [0.1, 0.15) is 103 Å². The molecule has 3 N–H and O–H groups in total. The largest absolute Gasteiger partial charge is 0.396 e. The number of H-pyrrole nitrogens is 1. The van der Waals surface area contributed by atoms with E-state index in [1.54, 1.807) is 0 Å². The van der Waals surface area contributed by atoms with Crippen molar-refractivity contribution >= 4 is 21.3 Å². The van der Waals surface area contributed by atoms with Crippen LogP contribution in [0, 0.1) is 0 Å². The Hall–Kier alpha value is -0.950. The fraction of sp³-hybridized carbons (Fsp3) is 0.852. The minimum Gasteiger partial charge on any atom is -0.396 e. The predicted molar refractivity (Wildman–Crippen MR) is 159 cm³/mol. The fourth-order valence-electron chi connectivity index (χ4n) is 3.86. The predicted octanol–water partition coefficient (Wildman–Crippen LogP) is 6.48. The first-order valence-electron chi connectivity index (χ1n) is 14.6. The van der Waals surface area contributed by atoms with Crippen LogP contribution in [-0.2, 0) is 20.0 Å². The molecule has 0 fully saturated rings. The van der Waals surface area contributed by atoms with E-state index in [9.17, 15) is 27.7 Å². The van der Waals surface area contributed by atoms with E-state index in [4.69, 9.17) is 14.4 Å². The third-order valence-electron chi connectivity index (χ3n) is 6.04. The maximum absolute atomic E-state index is 12.0. The second-order valence-corrected chi connectivity index (χ2v) is 11.2. The number of halogens is 3. The zero-order chi connectivity index (χ0) is 30.6. The monoisotopic (exact) mass is 634 g/mol. The zero-order valence-corrected chi connectivity index (χ0v) is 25.9. The summed E-state index contributed by atoms with van der Waals surface area (Å²) >= 11 is 3.56. The van der Waals surface area contributed by atoms with E-state index in [1.807, 2.05) is 0 Å². The number of nitrogens with one attached hydrogen (secondary N) is 1. The van der Waals surface area contributed by atoms with Gasteiger partial charge in [-0.05, 0) is 38.6 Å². The quantitative estimate of drug-likeness (QED) is 0.0421. The number of ether oxygens (including phenoxy) is 1. The van der Waals surface area contributed by atoms with Crippen LogP contribution in [0.3, 0.4) is 0 Å². The molecule has 0 saturated heterocycles. The smallest absolute Gasteiger partial charge is 0.389 e. The van der Waals surface area contributed by atoms with Crippen molar-refractivity contribution in [3.63, 3.8) is 0 Å². The summed E-state index contributed by atoms with van der Waals surface area (Å²) in [7, 11) is -1.52. The number of rotatable bonds is 25. The van der Waals surface area contributed by atoms with Gasteiger partial charge in [-0.1, -0.05) is 70.6 Å². The Morgan fingerprint density at radius 2 is 1.37 bits per heavy atom. The van der Waals surface area contributed by atoms with E-state index in [0.29, 0.717) is 32.6 Å². The summed E-state index contributed by atoms with van der Waals surface area (Å²) in [6.07, 6.45) is 12.0. The molecule has 1 rings (SSSR count). The summed E-state index contributed by atoms with van der Waals surface area (Å²) in [5.41, 5.74) is -0.837. The topological polar surface area (TPSA) is 123 Å². The summed E-state index contributed by atoms with van der Waals surface area (Å²) in [6.45, 7) is 2.35. The van der Waals surface area contributed by atoms with E-state index in [0.717, 1.165) is 38.7 Å². The van der Waals surface area contributed by atoms with Gasteiger partial charge in [0.25, 0.3) is 5.56 Å². The van der Waals surface area contributed by atoms with E-state index in [1.165, 1.54) is 61.8 Å². The number of alkyl halides is 3. The number of aryl methyl sites for hydroxylation is 1. The Morgan fingerprint density at radius 3 is 1.88 bits per heavy atom. The van der Waals surface area contributed by atoms with Gasteiger partial charge in [-0.25, -0.2) is 4.79 Å². The van der Waals surface area contributed by atoms with Crippen LogP contribution in [-0.4, -0.2) is 58.5 Å². The van der Waals surface area contributed by atoms with Crippen LogP contribution in [0.5, 0.6) is 0 Å². The molecule has 0 radical (unpaired) electrons. The Morgan fingerprint density at radius 1 is 0.829 bits per heavy atom. The van der Waals surface area contributed by atoms with Crippen LogP contribution in [0.25, 0.3) is 0 Å². The molecule has 0 aliphatic rings. The number of unbranched alkanes of at least 4 members (excludes halogenated alkanes) is 12. The molecule has 242 valence electrons. The lowest BCUT2D eigenvalue weighted by Gasteiger charge is -2.09. The average molecular weight is 635 g/mol. The SMILES string of the molecule is O=c1ccn(CCCO)c(=O)[nH]1.OP(COS)OCCCOCCCCCCCCCCCCCCCC(F)(F)F. The molecule has 0 bridgehead atoms. The van der Waals surface area contributed by atoms with E-state index in [2.05, 4.69) is 22.1 Å². The standard InChI is InChI=1S/C20H40F3O4PS.C7H10N2O3/c21-20(22,23)15-12-10-8-6-4-2-1-3-5-7-9-11-13-16-25-17-14-18-26-28(24)19-27-29;10-5-1-3-9-4-2-6(11)8-7(9)12/h24,29H,1-19H2;2,4,10H,1,3,5H2,(H,8,11,12). The Kier molecular flexibility index (Phi) is 27.2. The summed E-state index contributed by atoms with van der Waals surface area (Å²) < 4.78 is 52.5. The third kappa shape index (κ3) is 28.9. The molecule has 1 heterocycles. The maximum Gasteiger partial charge on any atom is 0.389 e. The molecule has 0 spiro atoms. The molecule has 1 unspecified atom stereocenters. The number of thiol groups is 1. The van der Waals surface area contributed by atoms with Crippen molar-refractivity contribution in [2.75, 3.05) is 32.8 Å². The van der Waals surface area contributed by atoms with Crippen molar-refractivity contribution in [2.45, 2.75) is 115 Å². The molecule has 1 aromatic rings. The van der Waals surface area contributed by atoms with E-state index in [-0.39, 0.29) is 19.4 Å². The lowest BCUT2D eigenvalue weighted by molar-refractivity contribution is -0.135. The van der Waals surface area contributed by atoms with Crippen molar-refractivity contribution in [1.29, 1.82) is 0 Å². The van der Waals surface area contributed by atoms with Crippen molar-refractivity contribution in [3.8, 4) is 0 Å². The molecular weight excluding hydrogens is 584 g/mol. The van der Waals surface area contributed by atoms with Crippen LogP contribution in [0.15, 0.2) is 21.9 Å². The van der Waals surface area contributed by atoms with Gasteiger partial charge in [0.05, 0.1) is 6.61 Å².